The first-order valence-electron chi connectivity index (χ1n) is 8.75. The minimum absolute atomic E-state index is 0.0532. The number of carbonyl (C=O) groups is 2. The second kappa shape index (κ2) is 7.42. The van der Waals surface area contributed by atoms with E-state index in [-0.39, 0.29) is 24.0 Å². The molecule has 1 atom stereocenters. The lowest BCUT2D eigenvalue weighted by Gasteiger charge is -2.38. The van der Waals surface area contributed by atoms with Gasteiger partial charge in [-0.3, -0.25) is 14.5 Å². The zero-order chi connectivity index (χ0) is 19.1. The van der Waals surface area contributed by atoms with E-state index >= 15 is 0 Å². The Hall–Kier alpha value is -1.62. The van der Waals surface area contributed by atoms with E-state index in [2.05, 4.69) is 15.9 Å². The molecular weight excluding hydrogens is 449 g/mol. The fraction of sp³-hybridized carbons (Fsp3) is 0.238. The Morgan fingerprint density at radius 2 is 1.70 bits per heavy atom. The van der Waals surface area contributed by atoms with E-state index < -0.39 is 0 Å². The average molecular weight is 465 g/mol. The van der Waals surface area contributed by atoms with Gasteiger partial charge in [-0.25, -0.2) is 0 Å². The molecule has 138 valence electrons. The number of rotatable bonds is 2. The van der Waals surface area contributed by atoms with Crippen LogP contribution in [0.25, 0.3) is 0 Å². The summed E-state index contributed by atoms with van der Waals surface area (Å²) < 4.78 is 0.910. The lowest BCUT2D eigenvalue weighted by molar-refractivity contribution is -0.119. The largest absolute Gasteiger partial charge is 0.294 e. The zero-order valence-electron chi connectivity index (χ0n) is 14.3. The van der Waals surface area contributed by atoms with Crippen molar-refractivity contribution in [3.8, 4) is 0 Å². The molecular formula is C21H16BrCl2NO2. The Bertz CT molecular complexity index is 966. The number of amides is 1. The maximum Gasteiger partial charge on any atom is 0.232 e. The van der Waals surface area contributed by atoms with Crippen molar-refractivity contribution >= 4 is 56.5 Å². The van der Waals surface area contributed by atoms with Gasteiger partial charge in [0.2, 0.25) is 5.91 Å². The Labute approximate surface area is 176 Å². The van der Waals surface area contributed by atoms with E-state index in [1.807, 2.05) is 24.3 Å². The Morgan fingerprint density at radius 3 is 2.41 bits per heavy atom. The monoisotopic (exact) mass is 463 g/mol. The van der Waals surface area contributed by atoms with Gasteiger partial charge in [0.05, 0.1) is 5.69 Å². The second-order valence-electron chi connectivity index (χ2n) is 6.77. The van der Waals surface area contributed by atoms with Crippen molar-refractivity contribution in [1.29, 1.82) is 0 Å². The third-order valence-electron chi connectivity index (χ3n) is 5.06. The van der Waals surface area contributed by atoms with Crippen molar-refractivity contribution in [2.24, 2.45) is 0 Å². The molecule has 0 fully saturated rings. The van der Waals surface area contributed by atoms with Crippen molar-refractivity contribution in [3.63, 3.8) is 0 Å². The molecule has 2 aromatic rings. The summed E-state index contributed by atoms with van der Waals surface area (Å²) in [4.78, 5) is 27.7. The normalized spacial score (nSPS) is 20.1. The topological polar surface area (TPSA) is 37.4 Å². The molecule has 2 aliphatic rings. The van der Waals surface area contributed by atoms with Crippen LogP contribution in [0.2, 0.25) is 10.0 Å². The molecule has 1 heterocycles. The highest BCUT2D eigenvalue weighted by Gasteiger charge is 2.40. The third-order valence-corrected chi connectivity index (χ3v) is 6.22. The Balaban J connectivity index is 1.90. The van der Waals surface area contributed by atoms with Crippen molar-refractivity contribution in [3.05, 3.63) is 73.8 Å². The van der Waals surface area contributed by atoms with Crippen LogP contribution in [0.5, 0.6) is 0 Å². The first-order chi connectivity index (χ1) is 13.0. The highest BCUT2D eigenvalue weighted by Crippen LogP contribution is 2.45. The van der Waals surface area contributed by atoms with Gasteiger partial charge < -0.3 is 0 Å². The number of nitrogens with zero attached hydrogens (tertiary/aromatic N) is 1. The van der Waals surface area contributed by atoms with Crippen LogP contribution in [0.1, 0.15) is 37.2 Å². The van der Waals surface area contributed by atoms with Gasteiger partial charge in [-0.2, -0.15) is 0 Å². The van der Waals surface area contributed by atoms with Gasteiger partial charge in [0, 0.05) is 44.5 Å². The molecule has 1 aliphatic heterocycles. The fourth-order valence-electron chi connectivity index (χ4n) is 3.98. The summed E-state index contributed by atoms with van der Waals surface area (Å²) in [6.07, 6.45) is 2.16. The zero-order valence-corrected chi connectivity index (χ0v) is 17.4. The summed E-state index contributed by atoms with van der Waals surface area (Å²) in [5.41, 5.74) is 3.10. The third kappa shape index (κ3) is 3.46. The summed E-state index contributed by atoms with van der Waals surface area (Å²) in [6.45, 7) is 0. The van der Waals surface area contributed by atoms with E-state index in [1.54, 1.807) is 23.1 Å². The molecule has 2 aromatic carbocycles. The van der Waals surface area contributed by atoms with E-state index in [9.17, 15) is 9.59 Å². The Kier molecular flexibility index (Phi) is 5.15. The molecule has 0 spiro atoms. The van der Waals surface area contributed by atoms with Crippen molar-refractivity contribution < 1.29 is 9.59 Å². The smallest absolute Gasteiger partial charge is 0.232 e. The van der Waals surface area contributed by atoms with Crippen LogP contribution in [-0.4, -0.2) is 11.7 Å². The number of anilines is 1. The van der Waals surface area contributed by atoms with Gasteiger partial charge >= 0.3 is 0 Å². The highest BCUT2D eigenvalue weighted by atomic mass is 79.9. The maximum atomic E-state index is 13.2. The number of hydrogen-bond donors (Lipinski definition) is 0. The van der Waals surface area contributed by atoms with E-state index in [1.165, 1.54) is 0 Å². The standard InChI is InChI=1S/C21H16BrCl2NO2/c22-17-5-2-1-4-15(17)16-11-20(27)25(14-9-12(23)8-13(24)10-14)18-6-3-7-19(26)21(16)18/h1-2,4-5,8-10,16H,3,6-7,11H2. The van der Waals surface area contributed by atoms with Gasteiger partial charge in [0.15, 0.2) is 5.78 Å². The van der Waals surface area contributed by atoms with Crippen LogP contribution in [-0.2, 0) is 9.59 Å². The summed E-state index contributed by atoms with van der Waals surface area (Å²) in [6, 6.07) is 12.8. The van der Waals surface area contributed by atoms with Crippen LogP contribution < -0.4 is 4.90 Å². The number of hydrogen-bond acceptors (Lipinski definition) is 2. The van der Waals surface area contributed by atoms with Gasteiger partial charge in [-0.1, -0.05) is 57.3 Å². The molecule has 0 N–H and O–H groups in total. The number of benzene rings is 2. The van der Waals surface area contributed by atoms with Gasteiger partial charge in [0.1, 0.15) is 0 Å². The first kappa shape index (κ1) is 18.7. The molecule has 0 bridgehead atoms. The molecule has 1 aliphatic carbocycles. The van der Waals surface area contributed by atoms with Crippen LogP contribution in [0.15, 0.2) is 58.2 Å². The number of ketones is 1. The Morgan fingerprint density at radius 1 is 1.00 bits per heavy atom. The van der Waals surface area contributed by atoms with E-state index in [0.29, 0.717) is 28.6 Å². The molecule has 1 unspecified atom stereocenters. The molecule has 0 aromatic heterocycles. The lowest BCUT2D eigenvalue weighted by Crippen LogP contribution is -2.40. The number of halogens is 3. The number of Topliss-reactive ketones (excluding diaryl/α,β-unsaturated/α-hetero) is 1. The van der Waals surface area contributed by atoms with Crippen LogP contribution >= 0.6 is 39.1 Å². The fourth-order valence-corrected chi connectivity index (χ4v) is 5.06. The quantitative estimate of drug-likeness (QED) is 0.524. The number of allylic oxidation sites excluding steroid dienone is 2. The minimum Gasteiger partial charge on any atom is -0.294 e. The lowest BCUT2D eigenvalue weighted by atomic mass is 9.77. The molecule has 6 heteroatoms. The molecule has 0 saturated carbocycles. The average Bonchev–Trinajstić information content (AvgIpc) is 2.60. The number of carbonyl (C=O) groups excluding carboxylic acids is 2. The van der Waals surface area contributed by atoms with Gasteiger partial charge in [0.25, 0.3) is 0 Å². The summed E-state index contributed by atoms with van der Waals surface area (Å²) in [5, 5.41) is 0.921. The first-order valence-corrected chi connectivity index (χ1v) is 10.3. The molecule has 0 radical (unpaired) electrons. The van der Waals surface area contributed by atoms with Gasteiger partial charge in [-0.15, -0.1) is 0 Å². The predicted octanol–water partition coefficient (Wildman–Crippen LogP) is 6.28. The van der Waals surface area contributed by atoms with Gasteiger partial charge in [-0.05, 0) is 42.7 Å². The van der Waals surface area contributed by atoms with Crippen molar-refractivity contribution in [2.75, 3.05) is 4.90 Å². The summed E-state index contributed by atoms with van der Waals surface area (Å²) >= 11 is 15.9. The van der Waals surface area contributed by atoms with Crippen LogP contribution in [0.4, 0.5) is 5.69 Å². The molecule has 1 amide bonds. The predicted molar refractivity (Wildman–Crippen MR) is 111 cm³/mol. The highest BCUT2D eigenvalue weighted by molar-refractivity contribution is 9.10. The maximum absolute atomic E-state index is 13.2. The van der Waals surface area contributed by atoms with Crippen molar-refractivity contribution in [1.82, 2.24) is 0 Å². The van der Waals surface area contributed by atoms with Crippen LogP contribution in [0, 0.1) is 0 Å². The SMILES string of the molecule is O=C1CCCC2=C1C(c1ccccc1Br)CC(=O)N2c1cc(Cl)cc(Cl)c1. The van der Waals surface area contributed by atoms with E-state index in [4.69, 9.17) is 23.2 Å². The van der Waals surface area contributed by atoms with Crippen LogP contribution in [0.3, 0.4) is 0 Å². The molecule has 27 heavy (non-hydrogen) atoms. The molecule has 3 nitrogen and oxygen atoms in total. The molecule has 4 rings (SSSR count). The second-order valence-corrected chi connectivity index (χ2v) is 8.50. The van der Waals surface area contributed by atoms with E-state index in [0.717, 1.165) is 27.7 Å². The van der Waals surface area contributed by atoms with Crippen molar-refractivity contribution in [2.45, 2.75) is 31.6 Å². The molecule has 0 saturated heterocycles. The summed E-state index contributed by atoms with van der Waals surface area (Å²) in [7, 11) is 0. The minimum atomic E-state index is -0.234. The summed E-state index contributed by atoms with van der Waals surface area (Å²) in [5.74, 6) is -0.174.